The van der Waals surface area contributed by atoms with Crippen LogP contribution in [0.25, 0.3) is 11.5 Å². The van der Waals surface area contributed by atoms with Crippen LogP contribution in [0.3, 0.4) is 0 Å². The first-order valence-electron chi connectivity index (χ1n) is 10.00. The summed E-state index contributed by atoms with van der Waals surface area (Å²) in [7, 11) is 1.68. The van der Waals surface area contributed by atoms with Gasteiger partial charge in [-0.15, -0.1) is 0 Å². The number of benzene rings is 1. The average molecular weight is 384 g/mol. The number of likely N-dealkylation sites (tertiary alicyclic amines) is 2. The molecule has 0 N–H and O–H groups in total. The van der Waals surface area contributed by atoms with E-state index in [9.17, 15) is 4.79 Å². The van der Waals surface area contributed by atoms with E-state index in [1.54, 1.807) is 7.11 Å². The second-order valence-corrected chi connectivity index (χ2v) is 8.01. The highest BCUT2D eigenvalue weighted by molar-refractivity contribution is 5.84. The van der Waals surface area contributed by atoms with Crippen LogP contribution in [0, 0.1) is 12.3 Å². The van der Waals surface area contributed by atoms with E-state index < -0.39 is 0 Å². The number of ether oxygens (including phenoxy) is 1. The molecule has 7 heteroatoms. The van der Waals surface area contributed by atoms with Crippen LogP contribution in [0.5, 0.6) is 0 Å². The lowest BCUT2D eigenvalue weighted by Crippen LogP contribution is -2.50. The predicted octanol–water partition coefficient (Wildman–Crippen LogP) is 2.51. The molecule has 0 aliphatic carbocycles. The standard InChI is InChI=1S/C21H28N4O3/c1-16-4-6-17(7-5-16)19-22-18(23-28-19)14-24-11-9-21(15-24)8-3-10-25(20(21)26)12-13-27-2/h4-7H,3,8-15H2,1-2H3/t21-/m0/s1. The van der Waals surface area contributed by atoms with Crippen LogP contribution in [0.2, 0.25) is 0 Å². The normalized spacial score (nSPS) is 23.1. The quantitative estimate of drug-likeness (QED) is 0.762. The van der Waals surface area contributed by atoms with Gasteiger partial charge in [0.25, 0.3) is 5.89 Å². The first kappa shape index (κ1) is 19.1. The smallest absolute Gasteiger partial charge is 0.257 e. The highest BCUT2D eigenvalue weighted by Gasteiger charge is 2.48. The summed E-state index contributed by atoms with van der Waals surface area (Å²) in [6, 6.07) is 8.06. The molecule has 1 aromatic carbocycles. The molecule has 2 aromatic rings. The molecule has 1 amide bonds. The Bertz CT molecular complexity index is 819. The highest BCUT2D eigenvalue weighted by atomic mass is 16.5. The Morgan fingerprint density at radius 1 is 1.21 bits per heavy atom. The summed E-state index contributed by atoms with van der Waals surface area (Å²) < 4.78 is 10.6. The first-order valence-corrected chi connectivity index (χ1v) is 10.00. The van der Waals surface area contributed by atoms with Gasteiger partial charge < -0.3 is 14.2 Å². The molecular weight excluding hydrogens is 356 g/mol. The Labute approximate surface area is 165 Å². The van der Waals surface area contributed by atoms with Gasteiger partial charge in [0.05, 0.1) is 18.6 Å². The minimum Gasteiger partial charge on any atom is -0.383 e. The monoisotopic (exact) mass is 384 g/mol. The Balaban J connectivity index is 1.39. The Morgan fingerprint density at radius 2 is 2.04 bits per heavy atom. The Morgan fingerprint density at radius 3 is 2.82 bits per heavy atom. The van der Waals surface area contributed by atoms with Gasteiger partial charge in [0.2, 0.25) is 5.91 Å². The lowest BCUT2D eigenvalue weighted by Gasteiger charge is -2.39. The second kappa shape index (κ2) is 8.01. The summed E-state index contributed by atoms with van der Waals surface area (Å²) in [6.07, 6.45) is 2.92. The molecule has 2 aliphatic heterocycles. The highest BCUT2D eigenvalue weighted by Crippen LogP contribution is 2.40. The van der Waals surface area contributed by atoms with E-state index in [1.807, 2.05) is 29.2 Å². The number of carbonyl (C=O) groups is 1. The topological polar surface area (TPSA) is 71.7 Å². The largest absolute Gasteiger partial charge is 0.383 e. The minimum absolute atomic E-state index is 0.254. The molecule has 0 unspecified atom stereocenters. The van der Waals surface area contributed by atoms with Crippen molar-refractivity contribution in [2.75, 3.05) is 39.9 Å². The summed E-state index contributed by atoms with van der Waals surface area (Å²) >= 11 is 0. The van der Waals surface area contributed by atoms with E-state index in [1.165, 1.54) is 5.56 Å². The number of methoxy groups -OCH3 is 1. The lowest BCUT2D eigenvalue weighted by atomic mass is 9.78. The molecular formula is C21H28N4O3. The van der Waals surface area contributed by atoms with Crippen molar-refractivity contribution in [3.63, 3.8) is 0 Å². The fraction of sp³-hybridized carbons (Fsp3) is 0.571. The van der Waals surface area contributed by atoms with Gasteiger partial charge in [-0.3, -0.25) is 9.69 Å². The van der Waals surface area contributed by atoms with Gasteiger partial charge in [-0.2, -0.15) is 4.98 Å². The first-order chi connectivity index (χ1) is 13.6. The number of nitrogens with zero attached hydrogens (tertiary/aromatic N) is 4. The molecule has 2 fully saturated rings. The number of carbonyl (C=O) groups excluding carboxylic acids is 1. The van der Waals surface area contributed by atoms with Gasteiger partial charge in [0.1, 0.15) is 0 Å². The van der Waals surface area contributed by atoms with Gasteiger partial charge in [-0.25, -0.2) is 0 Å². The third-order valence-corrected chi connectivity index (χ3v) is 5.95. The SMILES string of the molecule is COCCN1CCC[C@@]2(CCN(Cc3noc(-c4ccc(C)cc4)n3)C2)C1=O. The van der Waals surface area contributed by atoms with E-state index in [4.69, 9.17) is 9.26 Å². The molecule has 1 spiro atoms. The molecule has 1 atom stereocenters. The third kappa shape index (κ3) is 3.82. The summed E-state index contributed by atoms with van der Waals surface area (Å²) in [5.41, 5.74) is 1.87. The van der Waals surface area contributed by atoms with Crippen molar-refractivity contribution in [3.8, 4) is 11.5 Å². The van der Waals surface area contributed by atoms with Crippen molar-refractivity contribution in [3.05, 3.63) is 35.7 Å². The molecule has 3 heterocycles. The fourth-order valence-corrected chi connectivity index (χ4v) is 4.37. The van der Waals surface area contributed by atoms with Crippen LogP contribution in [-0.4, -0.2) is 65.7 Å². The van der Waals surface area contributed by atoms with E-state index in [-0.39, 0.29) is 11.3 Å². The van der Waals surface area contributed by atoms with Crippen molar-refractivity contribution in [2.45, 2.75) is 32.7 Å². The van der Waals surface area contributed by atoms with E-state index in [2.05, 4.69) is 22.0 Å². The number of aromatic nitrogens is 2. The van der Waals surface area contributed by atoms with Crippen LogP contribution in [-0.2, 0) is 16.1 Å². The molecule has 0 saturated carbocycles. The molecule has 0 bridgehead atoms. The average Bonchev–Trinajstić information content (AvgIpc) is 3.32. The molecule has 28 heavy (non-hydrogen) atoms. The van der Waals surface area contributed by atoms with E-state index >= 15 is 0 Å². The molecule has 0 radical (unpaired) electrons. The van der Waals surface area contributed by atoms with Crippen LogP contribution in [0.1, 0.15) is 30.7 Å². The summed E-state index contributed by atoms with van der Waals surface area (Å²) in [4.78, 5) is 21.9. The van der Waals surface area contributed by atoms with Gasteiger partial charge in [-0.1, -0.05) is 22.9 Å². The maximum atomic E-state index is 13.1. The Hall–Kier alpha value is -2.25. The van der Waals surface area contributed by atoms with Gasteiger partial charge in [-0.05, 0) is 44.9 Å². The maximum Gasteiger partial charge on any atom is 0.257 e. The van der Waals surface area contributed by atoms with E-state index in [0.29, 0.717) is 31.4 Å². The number of piperidine rings is 1. The lowest BCUT2D eigenvalue weighted by molar-refractivity contribution is -0.146. The molecule has 2 aliphatic rings. The Kier molecular flexibility index (Phi) is 5.46. The molecule has 4 rings (SSSR count). The summed E-state index contributed by atoms with van der Waals surface area (Å²) in [5.74, 6) is 1.50. The predicted molar refractivity (Wildman–Crippen MR) is 104 cm³/mol. The number of hydrogen-bond acceptors (Lipinski definition) is 6. The van der Waals surface area contributed by atoms with Crippen molar-refractivity contribution in [1.29, 1.82) is 0 Å². The van der Waals surface area contributed by atoms with Gasteiger partial charge in [0.15, 0.2) is 5.82 Å². The van der Waals surface area contributed by atoms with E-state index in [0.717, 1.165) is 44.5 Å². The number of rotatable bonds is 6. The van der Waals surface area contributed by atoms with Crippen LogP contribution >= 0.6 is 0 Å². The zero-order valence-corrected chi connectivity index (χ0v) is 16.7. The second-order valence-electron chi connectivity index (χ2n) is 8.01. The van der Waals surface area contributed by atoms with Crippen molar-refractivity contribution < 1.29 is 14.1 Å². The molecule has 7 nitrogen and oxygen atoms in total. The minimum atomic E-state index is -0.254. The van der Waals surface area contributed by atoms with Gasteiger partial charge in [0, 0.05) is 32.3 Å². The summed E-state index contributed by atoms with van der Waals surface area (Å²) in [5, 5.41) is 4.15. The van der Waals surface area contributed by atoms with Crippen molar-refractivity contribution in [1.82, 2.24) is 19.9 Å². The van der Waals surface area contributed by atoms with Crippen LogP contribution < -0.4 is 0 Å². The third-order valence-electron chi connectivity index (χ3n) is 5.95. The van der Waals surface area contributed by atoms with Gasteiger partial charge >= 0.3 is 0 Å². The number of aryl methyl sites for hydroxylation is 1. The molecule has 1 aromatic heterocycles. The molecule has 2 saturated heterocycles. The fourth-order valence-electron chi connectivity index (χ4n) is 4.37. The summed E-state index contributed by atoms with van der Waals surface area (Å²) in [6.45, 7) is 6.44. The zero-order chi connectivity index (χ0) is 19.6. The molecule has 150 valence electrons. The van der Waals surface area contributed by atoms with Crippen molar-refractivity contribution in [2.24, 2.45) is 5.41 Å². The maximum absolute atomic E-state index is 13.1. The van der Waals surface area contributed by atoms with Crippen LogP contribution in [0.4, 0.5) is 0 Å². The zero-order valence-electron chi connectivity index (χ0n) is 16.7. The van der Waals surface area contributed by atoms with Crippen molar-refractivity contribution >= 4 is 5.91 Å². The van der Waals surface area contributed by atoms with Crippen LogP contribution in [0.15, 0.2) is 28.8 Å². The number of amides is 1. The number of hydrogen-bond donors (Lipinski definition) is 0.